The lowest BCUT2D eigenvalue weighted by Crippen LogP contribution is -2.43. The average Bonchev–Trinajstić information content (AvgIpc) is 2.73. The third-order valence-corrected chi connectivity index (χ3v) is 5.41. The molecule has 30 heavy (non-hydrogen) atoms. The van der Waals surface area contributed by atoms with E-state index >= 15 is 0 Å². The van der Waals surface area contributed by atoms with Gasteiger partial charge >= 0.3 is 0 Å². The summed E-state index contributed by atoms with van der Waals surface area (Å²) in [7, 11) is 0. The summed E-state index contributed by atoms with van der Waals surface area (Å²) in [4.78, 5) is 14.4. The molecule has 0 spiro atoms. The van der Waals surface area contributed by atoms with Crippen LogP contribution in [0.4, 0.5) is 0 Å². The van der Waals surface area contributed by atoms with Crippen molar-refractivity contribution in [3.63, 3.8) is 0 Å². The van der Waals surface area contributed by atoms with E-state index in [9.17, 15) is 15.0 Å². The van der Waals surface area contributed by atoms with Crippen molar-refractivity contribution in [2.75, 3.05) is 32.8 Å². The number of aromatic hydroxyl groups is 1. The Morgan fingerprint density at radius 1 is 1.13 bits per heavy atom. The van der Waals surface area contributed by atoms with Gasteiger partial charge in [0.1, 0.15) is 5.75 Å². The monoisotopic (exact) mass is 412 g/mol. The molecule has 2 aromatic carbocycles. The van der Waals surface area contributed by atoms with Crippen molar-refractivity contribution in [1.29, 1.82) is 0 Å². The number of carbonyl (C=O) groups excluding carboxylic acids is 1. The summed E-state index contributed by atoms with van der Waals surface area (Å²) < 4.78 is 5.32. The molecule has 1 aliphatic rings. The summed E-state index contributed by atoms with van der Waals surface area (Å²) in [5, 5.41) is 23.2. The van der Waals surface area contributed by atoms with Crippen LogP contribution in [0.2, 0.25) is 0 Å². The van der Waals surface area contributed by atoms with Crippen LogP contribution in [0.25, 0.3) is 0 Å². The first-order chi connectivity index (χ1) is 14.3. The first kappa shape index (κ1) is 22.3. The minimum atomic E-state index is -0.651. The molecule has 6 nitrogen and oxygen atoms in total. The number of nitrogens with zero attached hydrogens (tertiary/aromatic N) is 1. The number of aliphatic hydroxyl groups excluding tert-OH is 1. The predicted octanol–water partition coefficient (Wildman–Crippen LogP) is 2.44. The van der Waals surface area contributed by atoms with Gasteiger partial charge < -0.3 is 25.2 Å². The normalized spacial score (nSPS) is 15.8. The fraction of sp³-hybridized carbons (Fsp3) is 0.458. The fourth-order valence-electron chi connectivity index (χ4n) is 3.71. The Bertz CT molecular complexity index is 829. The van der Waals surface area contributed by atoms with E-state index in [-0.39, 0.29) is 17.2 Å². The van der Waals surface area contributed by atoms with E-state index in [2.05, 4.69) is 31.3 Å². The van der Waals surface area contributed by atoms with E-state index in [0.29, 0.717) is 39.3 Å². The van der Waals surface area contributed by atoms with E-state index in [4.69, 9.17) is 4.74 Å². The quantitative estimate of drug-likeness (QED) is 0.620. The molecule has 1 atom stereocenters. The number of carbonyl (C=O) groups is 1. The number of ether oxygens (including phenoxy) is 1. The Morgan fingerprint density at radius 3 is 2.50 bits per heavy atom. The number of aliphatic hydroxyl groups is 1. The second-order valence-electron chi connectivity index (χ2n) is 8.54. The lowest BCUT2D eigenvalue weighted by molar-refractivity contribution is -0.134. The Hall–Kier alpha value is -2.41. The Kier molecular flexibility index (Phi) is 7.48. The molecule has 0 bridgehead atoms. The summed E-state index contributed by atoms with van der Waals surface area (Å²) in [5.74, 6) is 0.330. The zero-order valence-corrected chi connectivity index (χ0v) is 17.8. The first-order valence-corrected chi connectivity index (χ1v) is 10.5. The summed E-state index contributed by atoms with van der Waals surface area (Å²) >= 11 is 0. The maximum Gasteiger partial charge on any atom is 0.227 e. The number of phenols is 1. The third kappa shape index (κ3) is 6.55. The Labute approximate surface area is 178 Å². The third-order valence-electron chi connectivity index (χ3n) is 5.41. The summed E-state index contributed by atoms with van der Waals surface area (Å²) in [6.07, 6.45) is 0.526. The van der Waals surface area contributed by atoms with Crippen molar-refractivity contribution >= 4 is 5.91 Å². The van der Waals surface area contributed by atoms with E-state index in [1.807, 2.05) is 17.0 Å². The van der Waals surface area contributed by atoms with Gasteiger partial charge in [-0.3, -0.25) is 4.79 Å². The molecular weight excluding hydrogens is 380 g/mol. The fourth-order valence-corrected chi connectivity index (χ4v) is 3.71. The molecule has 3 rings (SSSR count). The van der Waals surface area contributed by atoms with Crippen LogP contribution in [-0.2, 0) is 22.4 Å². The highest BCUT2D eigenvalue weighted by Gasteiger charge is 2.21. The molecule has 0 aromatic heterocycles. The molecule has 1 unspecified atom stereocenters. The first-order valence-electron chi connectivity index (χ1n) is 10.5. The van der Waals surface area contributed by atoms with Gasteiger partial charge in [0.15, 0.2) is 0 Å². The highest BCUT2D eigenvalue weighted by atomic mass is 16.5. The topological polar surface area (TPSA) is 82.0 Å². The van der Waals surface area contributed by atoms with Gasteiger partial charge in [0.05, 0.1) is 25.7 Å². The van der Waals surface area contributed by atoms with Crippen molar-refractivity contribution in [3.05, 3.63) is 65.2 Å². The minimum Gasteiger partial charge on any atom is -0.508 e. The van der Waals surface area contributed by atoms with Gasteiger partial charge in [-0.05, 0) is 49.1 Å². The lowest BCUT2D eigenvalue weighted by Gasteiger charge is -2.29. The standard InChI is InChI=1S/C24H32N2O4/c1-24(2,25-17-22(28)20-6-8-21(27)9-7-20)16-19-5-3-4-18(14-19)15-23(29)26-10-12-30-13-11-26/h3-9,14,22,25,27-28H,10-13,15-17H2,1-2H3. The molecule has 0 radical (unpaired) electrons. The highest BCUT2D eigenvalue weighted by molar-refractivity contribution is 5.78. The van der Waals surface area contributed by atoms with Crippen LogP contribution in [0.15, 0.2) is 48.5 Å². The number of amides is 1. The van der Waals surface area contributed by atoms with E-state index in [1.165, 1.54) is 0 Å². The minimum absolute atomic E-state index is 0.143. The van der Waals surface area contributed by atoms with Crippen molar-refractivity contribution in [1.82, 2.24) is 10.2 Å². The molecule has 1 fully saturated rings. The molecule has 6 heteroatoms. The molecular formula is C24H32N2O4. The molecule has 1 aliphatic heterocycles. The van der Waals surface area contributed by atoms with Gasteiger partial charge in [0.2, 0.25) is 5.91 Å². The average molecular weight is 413 g/mol. The zero-order chi connectivity index (χ0) is 21.6. The van der Waals surface area contributed by atoms with Crippen LogP contribution in [0, 0.1) is 0 Å². The molecule has 0 aliphatic carbocycles. The number of nitrogens with one attached hydrogen (secondary N) is 1. The summed E-state index contributed by atoms with van der Waals surface area (Å²) in [6.45, 7) is 7.16. The number of β-amino-alcohol motifs (C(OH)–C–C–N with tert-alkyl or cyclic N) is 1. The number of morpholine rings is 1. The van der Waals surface area contributed by atoms with E-state index < -0.39 is 6.10 Å². The Morgan fingerprint density at radius 2 is 1.80 bits per heavy atom. The molecule has 1 saturated heterocycles. The number of rotatable bonds is 8. The second-order valence-corrected chi connectivity index (χ2v) is 8.54. The van der Waals surface area contributed by atoms with Crippen LogP contribution >= 0.6 is 0 Å². The van der Waals surface area contributed by atoms with Crippen molar-refractivity contribution in [3.8, 4) is 5.75 Å². The van der Waals surface area contributed by atoms with Gasteiger partial charge in [-0.15, -0.1) is 0 Å². The largest absolute Gasteiger partial charge is 0.508 e. The molecule has 1 amide bonds. The SMILES string of the molecule is CC(C)(Cc1cccc(CC(=O)N2CCOCC2)c1)NCC(O)c1ccc(O)cc1. The molecule has 0 saturated carbocycles. The van der Waals surface area contributed by atoms with Crippen LogP contribution < -0.4 is 5.32 Å². The van der Waals surface area contributed by atoms with Gasteiger partial charge in [-0.1, -0.05) is 36.4 Å². The number of hydrogen-bond acceptors (Lipinski definition) is 5. The smallest absolute Gasteiger partial charge is 0.227 e. The summed E-state index contributed by atoms with van der Waals surface area (Å²) in [6, 6.07) is 14.8. The predicted molar refractivity (Wildman–Crippen MR) is 116 cm³/mol. The number of benzene rings is 2. The molecule has 1 heterocycles. The number of phenolic OH excluding ortho intramolecular Hbond substituents is 1. The van der Waals surface area contributed by atoms with Crippen LogP contribution in [0.1, 0.15) is 36.6 Å². The molecule has 2 aromatic rings. The van der Waals surface area contributed by atoms with Gasteiger partial charge in [0.25, 0.3) is 0 Å². The van der Waals surface area contributed by atoms with Gasteiger partial charge in [-0.25, -0.2) is 0 Å². The zero-order valence-electron chi connectivity index (χ0n) is 17.8. The summed E-state index contributed by atoms with van der Waals surface area (Å²) in [5.41, 5.74) is 2.70. The Balaban J connectivity index is 1.54. The van der Waals surface area contributed by atoms with Crippen molar-refractivity contribution in [2.24, 2.45) is 0 Å². The van der Waals surface area contributed by atoms with E-state index in [0.717, 1.165) is 23.1 Å². The lowest BCUT2D eigenvalue weighted by atomic mass is 9.93. The second kappa shape index (κ2) is 10.1. The maximum atomic E-state index is 12.5. The van der Waals surface area contributed by atoms with Crippen LogP contribution in [-0.4, -0.2) is 59.4 Å². The molecule has 3 N–H and O–H groups in total. The van der Waals surface area contributed by atoms with E-state index in [1.54, 1.807) is 24.3 Å². The van der Waals surface area contributed by atoms with Crippen molar-refractivity contribution in [2.45, 2.75) is 38.3 Å². The van der Waals surface area contributed by atoms with Gasteiger partial charge in [0, 0.05) is 25.2 Å². The molecule has 162 valence electrons. The maximum absolute atomic E-state index is 12.5. The van der Waals surface area contributed by atoms with Crippen LogP contribution in [0.5, 0.6) is 5.75 Å². The van der Waals surface area contributed by atoms with Crippen LogP contribution in [0.3, 0.4) is 0 Å². The highest BCUT2D eigenvalue weighted by Crippen LogP contribution is 2.19. The van der Waals surface area contributed by atoms with Gasteiger partial charge in [-0.2, -0.15) is 0 Å². The number of hydrogen-bond donors (Lipinski definition) is 3. The van der Waals surface area contributed by atoms with Crippen molar-refractivity contribution < 1.29 is 19.7 Å².